The lowest BCUT2D eigenvalue weighted by Gasteiger charge is -2.05. The number of rotatable bonds is 2. The van der Waals surface area contributed by atoms with Crippen LogP contribution in [0.4, 0.5) is 6.01 Å². The number of hydrogen-bond donors (Lipinski definition) is 2. The molecule has 0 aliphatic heterocycles. The molecule has 0 saturated heterocycles. The average molecular weight is 335 g/mol. The molecule has 0 bridgehead atoms. The summed E-state index contributed by atoms with van der Waals surface area (Å²) >= 11 is 0. The Bertz CT molecular complexity index is 902. The standard InChI is InChI=1S/C8H9N3O.C7H8O3S/c1-11-6-4-2-3-5-7(6)12-8(11)10-9;1-6-2-4-7(5-3-6)11(8,9)10/h2-5H,9H2,1H3;2-5H,1H3,(H,8,9,10). The third-order valence-corrected chi connectivity index (χ3v) is 4.02. The minimum atomic E-state index is -4.27. The zero-order valence-corrected chi connectivity index (χ0v) is 13.5. The van der Waals surface area contributed by atoms with E-state index < -0.39 is 10.1 Å². The summed E-state index contributed by atoms with van der Waals surface area (Å²) in [6, 6.07) is 14.1. The van der Waals surface area contributed by atoms with E-state index in [1.807, 2.05) is 42.8 Å². The van der Waals surface area contributed by atoms with E-state index in [4.69, 9.17) is 10.3 Å². The van der Waals surface area contributed by atoms with Gasteiger partial charge < -0.3 is 8.97 Å². The number of benzene rings is 2. The van der Waals surface area contributed by atoms with Crippen LogP contribution in [-0.2, 0) is 17.2 Å². The maximum atomic E-state index is 10.4. The number of oxazole rings is 1. The lowest BCUT2D eigenvalue weighted by molar-refractivity contribution is -0.634. The Kier molecular flexibility index (Phi) is 4.99. The van der Waals surface area contributed by atoms with Crippen LogP contribution in [0.2, 0.25) is 0 Å². The van der Waals surface area contributed by atoms with Crippen molar-refractivity contribution in [3.63, 3.8) is 0 Å². The van der Waals surface area contributed by atoms with E-state index in [0.717, 1.165) is 16.7 Å². The quantitative estimate of drug-likeness (QED) is 0.317. The number of fused-ring (bicyclic) bond motifs is 1. The molecule has 0 spiro atoms. The number of aryl methyl sites for hydroxylation is 2. The van der Waals surface area contributed by atoms with Gasteiger partial charge in [-0.2, -0.15) is 15.8 Å². The third-order valence-electron chi connectivity index (χ3n) is 3.17. The molecule has 7 nitrogen and oxygen atoms in total. The van der Waals surface area contributed by atoms with Crippen LogP contribution in [0.1, 0.15) is 5.56 Å². The number of nitrogens with zero attached hydrogens (tertiary/aromatic N) is 1. The molecule has 0 amide bonds. The summed E-state index contributed by atoms with van der Waals surface area (Å²) in [7, 11) is -2.38. The fourth-order valence-corrected chi connectivity index (χ4v) is 2.40. The normalized spacial score (nSPS) is 11.0. The Labute approximate surface area is 134 Å². The molecule has 1 aromatic heterocycles. The van der Waals surface area contributed by atoms with Crippen molar-refractivity contribution in [2.75, 3.05) is 5.43 Å². The van der Waals surface area contributed by atoms with E-state index in [0.29, 0.717) is 6.01 Å². The van der Waals surface area contributed by atoms with Crippen LogP contribution in [-0.4, -0.2) is 13.0 Å². The van der Waals surface area contributed by atoms with Gasteiger partial charge in [-0.25, -0.2) is 8.42 Å². The Balaban J connectivity index is 0.000000168. The zero-order valence-electron chi connectivity index (χ0n) is 12.7. The van der Waals surface area contributed by atoms with Gasteiger partial charge in [0.2, 0.25) is 0 Å². The summed E-state index contributed by atoms with van der Waals surface area (Å²) in [6.07, 6.45) is 0. The molecule has 0 unspecified atom stereocenters. The fraction of sp³-hybridized carbons (Fsp3) is 0.133. The molecule has 122 valence electrons. The second-order valence-electron chi connectivity index (χ2n) is 4.85. The van der Waals surface area contributed by atoms with Gasteiger partial charge in [-0.05, 0) is 31.2 Å². The van der Waals surface area contributed by atoms with Crippen molar-refractivity contribution in [1.82, 2.24) is 0 Å². The van der Waals surface area contributed by atoms with Gasteiger partial charge in [0.15, 0.2) is 11.1 Å². The van der Waals surface area contributed by atoms with E-state index in [2.05, 4.69) is 5.43 Å². The van der Waals surface area contributed by atoms with E-state index >= 15 is 0 Å². The van der Waals surface area contributed by atoms with E-state index in [9.17, 15) is 13.0 Å². The molecule has 3 aromatic rings. The number of nitrogens with one attached hydrogen (secondary N) is 1. The van der Waals surface area contributed by atoms with Crippen LogP contribution in [0.25, 0.3) is 11.1 Å². The Hall–Kier alpha value is -2.42. The molecule has 2 aromatic carbocycles. The van der Waals surface area contributed by atoms with E-state index in [-0.39, 0.29) is 4.90 Å². The monoisotopic (exact) mass is 335 g/mol. The number of anilines is 1. The third kappa shape index (κ3) is 4.07. The van der Waals surface area contributed by atoms with Crippen LogP contribution >= 0.6 is 0 Å². The largest absolute Gasteiger partial charge is 0.744 e. The second kappa shape index (κ2) is 6.78. The minimum Gasteiger partial charge on any atom is -0.744 e. The van der Waals surface area contributed by atoms with Gasteiger partial charge in [-0.3, -0.25) is 0 Å². The van der Waals surface area contributed by atoms with Gasteiger partial charge in [-0.15, -0.1) is 0 Å². The SMILES string of the molecule is C[n+]1c(NN)oc2ccccc21.Cc1ccc(S(=O)(=O)[O-])cc1. The lowest BCUT2D eigenvalue weighted by atomic mass is 10.2. The Morgan fingerprint density at radius 1 is 1.13 bits per heavy atom. The number of hydrazine groups is 1. The van der Waals surface area contributed by atoms with Gasteiger partial charge >= 0.3 is 6.01 Å². The molecule has 0 aliphatic rings. The highest BCUT2D eigenvalue weighted by Crippen LogP contribution is 2.14. The summed E-state index contributed by atoms with van der Waals surface area (Å²) in [5, 5.41) is 0. The number of para-hydroxylation sites is 2. The first-order valence-electron chi connectivity index (χ1n) is 6.69. The van der Waals surface area contributed by atoms with Crippen molar-refractivity contribution in [1.29, 1.82) is 0 Å². The molecule has 1 heterocycles. The number of nitrogen functional groups attached to an aromatic ring is 1. The van der Waals surface area contributed by atoms with Gasteiger partial charge in [0.05, 0.1) is 11.9 Å². The number of hydrogen-bond acceptors (Lipinski definition) is 6. The molecule has 3 N–H and O–H groups in total. The highest BCUT2D eigenvalue weighted by molar-refractivity contribution is 7.85. The molecular weight excluding hydrogens is 318 g/mol. The molecule has 0 aliphatic carbocycles. The van der Waals surface area contributed by atoms with Gasteiger partial charge in [-0.1, -0.05) is 29.8 Å². The predicted molar refractivity (Wildman–Crippen MR) is 84.3 cm³/mol. The molecule has 23 heavy (non-hydrogen) atoms. The summed E-state index contributed by atoms with van der Waals surface area (Å²) < 4.78 is 38.4. The second-order valence-corrected chi connectivity index (χ2v) is 6.23. The van der Waals surface area contributed by atoms with Gasteiger partial charge in [0, 0.05) is 0 Å². The van der Waals surface area contributed by atoms with Crippen LogP contribution in [0.5, 0.6) is 0 Å². The first-order valence-corrected chi connectivity index (χ1v) is 8.10. The van der Waals surface area contributed by atoms with E-state index in [1.54, 1.807) is 12.1 Å². The number of nitrogens with two attached hydrogens (primary N) is 1. The van der Waals surface area contributed by atoms with Crippen molar-refractivity contribution >= 4 is 27.2 Å². The molecule has 0 atom stereocenters. The van der Waals surface area contributed by atoms with Crippen molar-refractivity contribution in [2.45, 2.75) is 11.8 Å². The van der Waals surface area contributed by atoms with Gasteiger partial charge in [0.1, 0.15) is 10.1 Å². The Morgan fingerprint density at radius 2 is 1.74 bits per heavy atom. The fourth-order valence-electron chi connectivity index (χ4n) is 1.93. The molecule has 0 saturated carbocycles. The van der Waals surface area contributed by atoms with Crippen molar-refractivity contribution in [3.8, 4) is 0 Å². The highest BCUT2D eigenvalue weighted by atomic mass is 32.2. The van der Waals surface area contributed by atoms with Crippen molar-refractivity contribution in [3.05, 3.63) is 54.1 Å². The van der Waals surface area contributed by atoms with Gasteiger partial charge in [0.25, 0.3) is 0 Å². The smallest absolute Gasteiger partial charge is 0.473 e. The van der Waals surface area contributed by atoms with E-state index in [1.165, 1.54) is 12.1 Å². The molecule has 8 heteroatoms. The van der Waals surface area contributed by atoms with Crippen LogP contribution in [0, 0.1) is 6.92 Å². The lowest BCUT2D eigenvalue weighted by Crippen LogP contribution is -2.32. The molecule has 0 fully saturated rings. The van der Waals surface area contributed by atoms with Crippen molar-refractivity contribution in [2.24, 2.45) is 12.9 Å². The first kappa shape index (κ1) is 16.9. The first-order chi connectivity index (χ1) is 10.8. The topological polar surface area (TPSA) is 112 Å². The number of aromatic nitrogens is 1. The van der Waals surface area contributed by atoms with Crippen LogP contribution < -0.4 is 15.8 Å². The van der Waals surface area contributed by atoms with Crippen molar-refractivity contribution < 1.29 is 22.0 Å². The Morgan fingerprint density at radius 3 is 2.26 bits per heavy atom. The maximum absolute atomic E-state index is 10.4. The highest BCUT2D eigenvalue weighted by Gasteiger charge is 2.13. The summed E-state index contributed by atoms with van der Waals surface area (Å²) in [5.74, 6) is 5.25. The summed E-state index contributed by atoms with van der Waals surface area (Å²) in [5.41, 5.74) is 5.25. The zero-order chi connectivity index (χ0) is 17.0. The predicted octanol–water partition coefficient (Wildman–Crippen LogP) is 1.44. The molecule has 3 rings (SSSR count). The summed E-state index contributed by atoms with van der Waals surface area (Å²) in [6.45, 7) is 1.82. The minimum absolute atomic E-state index is 0.178. The average Bonchev–Trinajstić information content (AvgIpc) is 2.84. The molecule has 0 radical (unpaired) electrons. The van der Waals surface area contributed by atoms with Crippen LogP contribution in [0.15, 0.2) is 57.8 Å². The molecular formula is C15H17N3O4S. The summed E-state index contributed by atoms with van der Waals surface area (Å²) in [4.78, 5) is -0.178. The van der Waals surface area contributed by atoms with Crippen LogP contribution in [0.3, 0.4) is 0 Å². The maximum Gasteiger partial charge on any atom is 0.473 e.